The molecular formula is C19H16N6O3S. The summed E-state index contributed by atoms with van der Waals surface area (Å²) in [6.45, 7) is 1.30. The van der Waals surface area contributed by atoms with Gasteiger partial charge in [0.25, 0.3) is 5.56 Å². The third kappa shape index (κ3) is 3.57. The van der Waals surface area contributed by atoms with Crippen LogP contribution in [0, 0.1) is 0 Å². The second-order valence-corrected chi connectivity index (χ2v) is 7.07. The molecule has 2 aromatic carbocycles. The molecule has 0 saturated carbocycles. The lowest BCUT2D eigenvalue weighted by Gasteiger charge is -2.11. The maximum absolute atomic E-state index is 13.1. The summed E-state index contributed by atoms with van der Waals surface area (Å²) in [5.74, 6) is -0.388. The summed E-state index contributed by atoms with van der Waals surface area (Å²) in [4.78, 5) is 36.0. The first-order chi connectivity index (χ1) is 14.1. The van der Waals surface area contributed by atoms with Crippen molar-refractivity contribution < 1.29 is 9.59 Å². The summed E-state index contributed by atoms with van der Waals surface area (Å²) in [7, 11) is 0. The van der Waals surface area contributed by atoms with Gasteiger partial charge in [0.15, 0.2) is 5.16 Å². The van der Waals surface area contributed by atoms with Crippen LogP contribution in [0.15, 0.2) is 64.5 Å². The van der Waals surface area contributed by atoms with Crippen LogP contribution >= 0.6 is 11.8 Å². The van der Waals surface area contributed by atoms with E-state index in [0.717, 1.165) is 11.8 Å². The predicted molar refractivity (Wildman–Crippen MR) is 109 cm³/mol. The van der Waals surface area contributed by atoms with Crippen molar-refractivity contribution in [3.05, 3.63) is 65.0 Å². The Morgan fingerprint density at radius 3 is 2.48 bits per heavy atom. The summed E-state index contributed by atoms with van der Waals surface area (Å²) < 4.78 is 3.25. The van der Waals surface area contributed by atoms with Crippen LogP contribution in [0.3, 0.4) is 0 Å². The number of nitrogens with zero attached hydrogens (tertiary/aromatic N) is 4. The third-order valence-corrected chi connectivity index (χ3v) is 5.05. The van der Waals surface area contributed by atoms with Gasteiger partial charge in [0.1, 0.15) is 0 Å². The van der Waals surface area contributed by atoms with E-state index in [2.05, 4.69) is 21.0 Å². The number of hydrogen-bond acceptors (Lipinski definition) is 6. The second kappa shape index (κ2) is 7.76. The number of hydrogen-bond donors (Lipinski definition) is 2. The number of benzene rings is 2. The molecule has 0 aliphatic heterocycles. The molecule has 0 fully saturated rings. The number of carbonyl (C=O) groups excluding carboxylic acids is 2. The summed E-state index contributed by atoms with van der Waals surface area (Å²) >= 11 is 1.15. The molecule has 0 aliphatic carbocycles. The molecule has 0 saturated heterocycles. The van der Waals surface area contributed by atoms with Gasteiger partial charge < -0.3 is 0 Å². The molecule has 0 atom stereocenters. The fourth-order valence-electron chi connectivity index (χ4n) is 2.91. The number of amides is 2. The molecule has 4 aromatic rings. The number of aromatic nitrogens is 4. The highest BCUT2D eigenvalue weighted by atomic mass is 32.2. The zero-order valence-electron chi connectivity index (χ0n) is 15.3. The first-order valence-corrected chi connectivity index (χ1v) is 9.67. The molecular weight excluding hydrogens is 392 g/mol. The van der Waals surface area contributed by atoms with E-state index >= 15 is 0 Å². The zero-order chi connectivity index (χ0) is 20.4. The number of para-hydroxylation sites is 2. The Bertz CT molecular complexity index is 1280. The van der Waals surface area contributed by atoms with Gasteiger partial charge in [-0.2, -0.15) is 0 Å². The lowest BCUT2D eigenvalue weighted by Crippen LogP contribution is -2.41. The molecule has 0 bridgehead atoms. The molecule has 2 amide bonds. The van der Waals surface area contributed by atoms with E-state index in [1.54, 1.807) is 16.5 Å². The smallest absolute Gasteiger partial charge is 0.267 e. The van der Waals surface area contributed by atoms with Gasteiger partial charge in [-0.25, -0.2) is 4.57 Å². The summed E-state index contributed by atoms with van der Waals surface area (Å²) in [6.07, 6.45) is 0. The van der Waals surface area contributed by atoms with Gasteiger partial charge in [0.2, 0.25) is 17.6 Å². The van der Waals surface area contributed by atoms with Crippen molar-refractivity contribution in [2.75, 3.05) is 5.75 Å². The minimum absolute atomic E-state index is 0.0138. The second-order valence-electron chi connectivity index (χ2n) is 6.13. The highest BCUT2D eigenvalue weighted by Crippen LogP contribution is 2.22. The van der Waals surface area contributed by atoms with Crippen molar-refractivity contribution in [1.82, 2.24) is 30.0 Å². The number of rotatable bonds is 4. The molecule has 10 heteroatoms. The molecule has 146 valence electrons. The van der Waals surface area contributed by atoms with Gasteiger partial charge in [0.05, 0.1) is 22.3 Å². The van der Waals surface area contributed by atoms with E-state index in [1.165, 1.54) is 11.5 Å². The first-order valence-electron chi connectivity index (χ1n) is 8.69. The average molecular weight is 408 g/mol. The van der Waals surface area contributed by atoms with Crippen LogP contribution in [0.4, 0.5) is 0 Å². The average Bonchev–Trinajstić information content (AvgIpc) is 3.15. The molecule has 0 unspecified atom stereocenters. The quantitative estimate of drug-likeness (QED) is 0.389. The fraction of sp³-hybridized carbons (Fsp3) is 0.105. The Labute approximate surface area is 168 Å². The third-order valence-electron chi connectivity index (χ3n) is 4.12. The van der Waals surface area contributed by atoms with Gasteiger partial charge >= 0.3 is 0 Å². The van der Waals surface area contributed by atoms with Crippen molar-refractivity contribution in [3.8, 4) is 5.69 Å². The van der Waals surface area contributed by atoms with Gasteiger partial charge in [-0.05, 0) is 24.3 Å². The van der Waals surface area contributed by atoms with Crippen LogP contribution in [-0.4, -0.2) is 36.7 Å². The Morgan fingerprint density at radius 1 is 1.00 bits per heavy atom. The highest BCUT2D eigenvalue weighted by Gasteiger charge is 2.18. The number of fused-ring (bicyclic) bond motifs is 3. The molecule has 2 N–H and O–H groups in total. The van der Waals surface area contributed by atoms with Crippen LogP contribution < -0.4 is 16.4 Å². The topological polar surface area (TPSA) is 110 Å². The predicted octanol–water partition coefficient (Wildman–Crippen LogP) is 1.29. The normalized spacial score (nSPS) is 10.9. The van der Waals surface area contributed by atoms with Crippen LogP contribution in [-0.2, 0) is 9.59 Å². The van der Waals surface area contributed by atoms with Crippen LogP contribution in [0.25, 0.3) is 22.4 Å². The van der Waals surface area contributed by atoms with Crippen molar-refractivity contribution in [2.24, 2.45) is 0 Å². The maximum atomic E-state index is 13.1. The Morgan fingerprint density at radius 2 is 1.72 bits per heavy atom. The number of nitrogens with one attached hydrogen (secondary N) is 2. The molecule has 0 radical (unpaired) electrons. The molecule has 29 heavy (non-hydrogen) atoms. The van der Waals surface area contributed by atoms with Crippen LogP contribution in [0.1, 0.15) is 6.92 Å². The molecule has 4 rings (SSSR count). The van der Waals surface area contributed by atoms with Crippen LogP contribution in [0.5, 0.6) is 0 Å². The molecule has 0 spiro atoms. The Balaban J connectivity index is 1.82. The Hall–Kier alpha value is -3.66. The lowest BCUT2D eigenvalue weighted by atomic mass is 10.2. The van der Waals surface area contributed by atoms with Gasteiger partial charge in [0, 0.05) is 6.92 Å². The molecule has 2 heterocycles. The monoisotopic (exact) mass is 408 g/mol. The minimum atomic E-state index is -0.386. The summed E-state index contributed by atoms with van der Waals surface area (Å²) in [6, 6.07) is 16.4. The highest BCUT2D eigenvalue weighted by molar-refractivity contribution is 7.99. The van der Waals surface area contributed by atoms with E-state index in [4.69, 9.17) is 0 Å². The zero-order valence-corrected chi connectivity index (χ0v) is 16.1. The largest absolute Gasteiger partial charge is 0.274 e. The van der Waals surface area contributed by atoms with Crippen LogP contribution in [0.2, 0.25) is 0 Å². The lowest BCUT2D eigenvalue weighted by molar-refractivity contribution is -0.126. The number of thioether (sulfide) groups is 1. The standard InChI is InChI=1S/C19H16N6O3S/c1-12(26)20-21-16(27)11-29-19-23-22-18-24(13-7-3-2-4-8-13)17(28)14-9-5-6-10-15(14)25(18)19/h2-10H,11H2,1H3,(H,20,26)(H,21,27). The van der Waals surface area contributed by atoms with E-state index < -0.39 is 0 Å². The van der Waals surface area contributed by atoms with Crippen molar-refractivity contribution >= 4 is 40.3 Å². The van der Waals surface area contributed by atoms with Crippen molar-refractivity contribution in [3.63, 3.8) is 0 Å². The van der Waals surface area contributed by atoms with Gasteiger partial charge in [-0.3, -0.25) is 29.6 Å². The maximum Gasteiger partial charge on any atom is 0.267 e. The SMILES string of the molecule is CC(=O)NNC(=O)CSc1nnc2n(-c3ccccc3)c(=O)c3ccccc3n12. The van der Waals surface area contributed by atoms with E-state index in [0.29, 0.717) is 27.5 Å². The molecule has 2 aromatic heterocycles. The molecule has 0 aliphatic rings. The van der Waals surface area contributed by atoms with Gasteiger partial charge in [-0.15, -0.1) is 10.2 Å². The number of hydrazine groups is 1. The van der Waals surface area contributed by atoms with Crippen molar-refractivity contribution in [2.45, 2.75) is 12.1 Å². The van der Waals surface area contributed by atoms with E-state index in [-0.39, 0.29) is 23.1 Å². The summed E-state index contributed by atoms with van der Waals surface area (Å²) in [5.41, 5.74) is 5.66. The fourth-order valence-corrected chi connectivity index (χ4v) is 3.65. The van der Waals surface area contributed by atoms with Gasteiger partial charge in [-0.1, -0.05) is 42.1 Å². The minimum Gasteiger partial charge on any atom is -0.274 e. The first kappa shape index (κ1) is 18.7. The van der Waals surface area contributed by atoms with E-state index in [1.807, 2.05) is 42.5 Å². The van der Waals surface area contributed by atoms with Crippen molar-refractivity contribution in [1.29, 1.82) is 0 Å². The summed E-state index contributed by atoms with van der Waals surface area (Å²) in [5, 5.41) is 9.37. The number of carbonyl (C=O) groups is 2. The molecule has 9 nitrogen and oxygen atoms in total. The Kier molecular flexibility index (Phi) is 5.00. The van der Waals surface area contributed by atoms with E-state index in [9.17, 15) is 14.4 Å².